The average Bonchev–Trinajstić information content (AvgIpc) is 3.22. The minimum atomic E-state index is -0.0679. The molecular weight excluding hydrogens is 402 g/mol. The molecule has 1 atom stereocenters. The minimum absolute atomic E-state index is 0.00777. The fourth-order valence-corrected chi connectivity index (χ4v) is 4.76. The fourth-order valence-electron chi connectivity index (χ4n) is 4.43. The van der Waals surface area contributed by atoms with Crippen LogP contribution in [0.15, 0.2) is 41.7 Å². The lowest BCUT2D eigenvalue weighted by Gasteiger charge is -2.40. The number of ether oxygens (including phenoxy) is 2. The Bertz CT molecular complexity index is 878. The normalized spacial score (nSPS) is 22.2. The van der Waals surface area contributed by atoms with Crippen LogP contribution >= 0.6 is 11.6 Å². The van der Waals surface area contributed by atoms with Gasteiger partial charge in [-0.25, -0.2) is 0 Å². The molecule has 2 fully saturated rings. The summed E-state index contributed by atoms with van der Waals surface area (Å²) in [6.45, 7) is 4.45. The van der Waals surface area contributed by atoms with Crippen molar-refractivity contribution in [2.45, 2.75) is 24.4 Å². The van der Waals surface area contributed by atoms with E-state index in [0.717, 1.165) is 62.2 Å². The molecule has 1 N–H and O–H groups in total. The van der Waals surface area contributed by atoms with Crippen molar-refractivity contribution < 1.29 is 9.47 Å². The molecule has 0 radical (unpaired) electrons. The summed E-state index contributed by atoms with van der Waals surface area (Å²) in [6.07, 6.45) is 5.74. The first-order valence-corrected chi connectivity index (χ1v) is 10.9. The van der Waals surface area contributed by atoms with Crippen LogP contribution in [-0.4, -0.2) is 67.1 Å². The lowest BCUT2D eigenvalue weighted by atomic mass is 9.74. The number of aryl methyl sites for hydroxylation is 1. The number of hydrogen-bond acceptors (Lipinski definition) is 4. The second-order valence-electron chi connectivity index (χ2n) is 8.03. The van der Waals surface area contributed by atoms with Gasteiger partial charge < -0.3 is 19.7 Å². The van der Waals surface area contributed by atoms with Crippen molar-refractivity contribution in [3.63, 3.8) is 0 Å². The van der Waals surface area contributed by atoms with Crippen molar-refractivity contribution >= 4 is 17.6 Å². The molecule has 2 aliphatic rings. The summed E-state index contributed by atoms with van der Waals surface area (Å²) < 4.78 is 13.5. The van der Waals surface area contributed by atoms with E-state index in [9.17, 15) is 0 Å². The third-order valence-corrected chi connectivity index (χ3v) is 6.48. The average molecular weight is 432 g/mol. The molecule has 1 unspecified atom stereocenters. The maximum absolute atomic E-state index is 6.60. The lowest BCUT2D eigenvalue weighted by Crippen LogP contribution is -2.52. The van der Waals surface area contributed by atoms with Crippen LogP contribution in [0.1, 0.15) is 30.1 Å². The van der Waals surface area contributed by atoms with Gasteiger partial charge in [-0.2, -0.15) is 5.10 Å². The molecule has 0 aliphatic carbocycles. The molecule has 0 spiro atoms. The molecule has 2 saturated heterocycles. The number of hydrogen-bond donors (Lipinski definition) is 1. The SMILES string of the molecule is CN=C(NCC1(c2ccccc2Cl)CCOCC1)N1CCOC(c2cnn(C)c2)C1. The third-order valence-electron chi connectivity index (χ3n) is 6.15. The molecule has 4 rings (SSSR count). The molecule has 0 saturated carbocycles. The fraction of sp³-hybridized carbons (Fsp3) is 0.545. The summed E-state index contributed by atoms with van der Waals surface area (Å²) in [7, 11) is 3.76. The Kier molecular flexibility index (Phi) is 6.61. The summed E-state index contributed by atoms with van der Waals surface area (Å²) in [5.74, 6) is 0.894. The monoisotopic (exact) mass is 431 g/mol. The Balaban J connectivity index is 1.48. The minimum Gasteiger partial charge on any atom is -0.381 e. The second kappa shape index (κ2) is 9.37. The maximum Gasteiger partial charge on any atom is 0.193 e. The van der Waals surface area contributed by atoms with Crippen LogP contribution in [0.4, 0.5) is 0 Å². The van der Waals surface area contributed by atoms with Crippen LogP contribution in [0.5, 0.6) is 0 Å². The van der Waals surface area contributed by atoms with Crippen molar-refractivity contribution in [3.05, 3.63) is 52.8 Å². The Morgan fingerprint density at radius 2 is 2.10 bits per heavy atom. The van der Waals surface area contributed by atoms with E-state index >= 15 is 0 Å². The molecule has 0 amide bonds. The van der Waals surface area contributed by atoms with Crippen LogP contribution < -0.4 is 5.32 Å². The second-order valence-corrected chi connectivity index (χ2v) is 8.43. The van der Waals surface area contributed by atoms with E-state index in [2.05, 4.69) is 32.4 Å². The van der Waals surface area contributed by atoms with Crippen LogP contribution in [0, 0.1) is 0 Å². The predicted octanol–water partition coefficient (Wildman–Crippen LogP) is 2.77. The van der Waals surface area contributed by atoms with Gasteiger partial charge in [-0.05, 0) is 24.5 Å². The zero-order chi connectivity index (χ0) is 21.0. The molecule has 7 nitrogen and oxygen atoms in total. The molecular formula is C22H30ClN5O2. The molecule has 1 aromatic carbocycles. The Labute approximate surface area is 183 Å². The van der Waals surface area contributed by atoms with E-state index in [1.807, 2.05) is 43.3 Å². The first-order chi connectivity index (χ1) is 14.6. The van der Waals surface area contributed by atoms with E-state index < -0.39 is 0 Å². The van der Waals surface area contributed by atoms with Gasteiger partial charge in [-0.3, -0.25) is 9.67 Å². The number of rotatable bonds is 4. The van der Waals surface area contributed by atoms with Crippen LogP contribution in [-0.2, 0) is 21.9 Å². The lowest BCUT2D eigenvalue weighted by molar-refractivity contribution is -0.00835. The molecule has 1 aromatic heterocycles. The standard InChI is InChI=1S/C22H30ClN5O2/c1-24-21(28-9-12-30-20(15-28)17-13-26-27(2)14-17)25-16-22(7-10-29-11-8-22)18-5-3-4-6-19(18)23/h3-6,13-14,20H,7-12,15-16H2,1-2H3,(H,24,25). The molecule has 162 valence electrons. The number of halogens is 1. The molecule has 2 aromatic rings. The zero-order valence-electron chi connectivity index (χ0n) is 17.7. The van der Waals surface area contributed by atoms with E-state index in [1.54, 1.807) is 0 Å². The zero-order valence-corrected chi connectivity index (χ0v) is 18.4. The van der Waals surface area contributed by atoms with Gasteiger partial charge in [0.15, 0.2) is 5.96 Å². The highest BCUT2D eigenvalue weighted by molar-refractivity contribution is 6.31. The van der Waals surface area contributed by atoms with Crippen LogP contribution in [0.2, 0.25) is 5.02 Å². The van der Waals surface area contributed by atoms with Crippen molar-refractivity contribution in [3.8, 4) is 0 Å². The highest BCUT2D eigenvalue weighted by Gasteiger charge is 2.37. The number of aromatic nitrogens is 2. The molecule has 2 aliphatic heterocycles. The number of nitrogens with zero attached hydrogens (tertiary/aromatic N) is 4. The van der Waals surface area contributed by atoms with Gasteiger partial charge in [-0.15, -0.1) is 0 Å². The molecule has 30 heavy (non-hydrogen) atoms. The molecule has 8 heteroatoms. The number of aliphatic imine (C=N–C) groups is 1. The van der Waals surface area contributed by atoms with Gasteiger partial charge in [0.1, 0.15) is 6.10 Å². The largest absolute Gasteiger partial charge is 0.381 e. The summed E-state index contributed by atoms with van der Waals surface area (Å²) in [4.78, 5) is 6.83. The third kappa shape index (κ3) is 4.48. The van der Waals surface area contributed by atoms with Gasteiger partial charge in [0.05, 0.1) is 19.3 Å². The Morgan fingerprint density at radius 1 is 1.30 bits per heavy atom. The highest BCUT2D eigenvalue weighted by Crippen LogP contribution is 2.38. The van der Waals surface area contributed by atoms with E-state index in [1.165, 1.54) is 5.56 Å². The highest BCUT2D eigenvalue weighted by atomic mass is 35.5. The number of benzene rings is 1. The quantitative estimate of drug-likeness (QED) is 0.595. The first kappa shape index (κ1) is 21.2. The van der Waals surface area contributed by atoms with E-state index in [-0.39, 0.29) is 11.5 Å². The summed E-state index contributed by atoms with van der Waals surface area (Å²) in [6, 6.07) is 8.17. The maximum atomic E-state index is 6.60. The topological polar surface area (TPSA) is 63.9 Å². The Morgan fingerprint density at radius 3 is 2.80 bits per heavy atom. The number of nitrogens with one attached hydrogen (secondary N) is 1. The summed E-state index contributed by atoms with van der Waals surface area (Å²) in [5.41, 5.74) is 2.21. The summed E-state index contributed by atoms with van der Waals surface area (Å²) >= 11 is 6.60. The molecule has 3 heterocycles. The first-order valence-electron chi connectivity index (χ1n) is 10.5. The van der Waals surface area contributed by atoms with Gasteiger partial charge in [-0.1, -0.05) is 29.8 Å². The van der Waals surface area contributed by atoms with Crippen molar-refractivity contribution in [1.29, 1.82) is 0 Å². The van der Waals surface area contributed by atoms with Gasteiger partial charge in [0.2, 0.25) is 0 Å². The van der Waals surface area contributed by atoms with Crippen LogP contribution in [0.3, 0.4) is 0 Å². The van der Waals surface area contributed by atoms with Gasteiger partial charge in [0.25, 0.3) is 0 Å². The van der Waals surface area contributed by atoms with Crippen LogP contribution in [0.25, 0.3) is 0 Å². The summed E-state index contributed by atoms with van der Waals surface area (Å²) in [5, 5.41) is 8.73. The smallest absolute Gasteiger partial charge is 0.193 e. The van der Waals surface area contributed by atoms with Crippen molar-refractivity contribution in [2.75, 3.05) is 46.5 Å². The van der Waals surface area contributed by atoms with Gasteiger partial charge >= 0.3 is 0 Å². The van der Waals surface area contributed by atoms with E-state index in [0.29, 0.717) is 6.61 Å². The predicted molar refractivity (Wildman–Crippen MR) is 118 cm³/mol. The van der Waals surface area contributed by atoms with Crippen molar-refractivity contribution in [1.82, 2.24) is 20.0 Å². The number of morpholine rings is 1. The van der Waals surface area contributed by atoms with Gasteiger partial charge in [0, 0.05) is 62.6 Å². The molecule has 0 bridgehead atoms. The van der Waals surface area contributed by atoms with Crippen molar-refractivity contribution in [2.24, 2.45) is 12.0 Å². The number of guanidine groups is 1. The Hall–Kier alpha value is -2.09. The van der Waals surface area contributed by atoms with E-state index in [4.69, 9.17) is 21.1 Å².